The molecular formula is C19H24N8O. The van der Waals surface area contributed by atoms with Crippen molar-refractivity contribution in [2.45, 2.75) is 51.3 Å². The first-order valence-corrected chi connectivity index (χ1v) is 9.67. The van der Waals surface area contributed by atoms with E-state index < -0.39 is 5.60 Å². The Balaban J connectivity index is 1.75. The van der Waals surface area contributed by atoms with Gasteiger partial charge in [0.2, 0.25) is 5.95 Å². The molecule has 1 saturated carbocycles. The summed E-state index contributed by atoms with van der Waals surface area (Å²) in [4.78, 5) is 25.1. The van der Waals surface area contributed by atoms with Crippen LogP contribution < -0.4 is 10.6 Å². The fourth-order valence-corrected chi connectivity index (χ4v) is 3.89. The third-order valence-corrected chi connectivity index (χ3v) is 5.78. The molecule has 0 atom stereocenters. The van der Waals surface area contributed by atoms with Gasteiger partial charge in [-0.1, -0.05) is 0 Å². The van der Waals surface area contributed by atoms with Crippen molar-refractivity contribution in [1.29, 1.82) is 0 Å². The van der Waals surface area contributed by atoms with Gasteiger partial charge in [-0.2, -0.15) is 0 Å². The molecule has 9 heteroatoms. The van der Waals surface area contributed by atoms with Crippen molar-refractivity contribution in [2.75, 3.05) is 24.3 Å². The molecule has 3 aromatic rings. The van der Waals surface area contributed by atoms with Gasteiger partial charge < -0.3 is 19.9 Å². The van der Waals surface area contributed by atoms with Gasteiger partial charge in [0.15, 0.2) is 22.8 Å². The minimum atomic E-state index is -0.463. The zero-order chi connectivity index (χ0) is 19.5. The predicted octanol–water partition coefficient (Wildman–Crippen LogP) is 2.12. The topological polar surface area (TPSA) is 108 Å². The second-order valence-electron chi connectivity index (χ2n) is 8.01. The van der Waals surface area contributed by atoms with E-state index in [4.69, 9.17) is 25.4 Å². The van der Waals surface area contributed by atoms with E-state index in [1.165, 1.54) is 19.3 Å². The number of nitrogens with zero attached hydrogens (tertiary/aromatic N) is 7. The Morgan fingerprint density at radius 1 is 1.18 bits per heavy atom. The summed E-state index contributed by atoms with van der Waals surface area (Å²) in [6.45, 7) is 5.43. The number of nitrogen functional groups attached to an aromatic ring is 1. The van der Waals surface area contributed by atoms with Crippen LogP contribution >= 0.6 is 0 Å². The number of hydrogen-bond donors (Lipinski definition) is 1. The summed E-state index contributed by atoms with van der Waals surface area (Å²) in [7, 11) is 2.09. The van der Waals surface area contributed by atoms with E-state index in [9.17, 15) is 0 Å². The number of aromatic nitrogens is 6. The van der Waals surface area contributed by atoms with Gasteiger partial charge in [0.25, 0.3) is 0 Å². The molecule has 0 spiro atoms. The van der Waals surface area contributed by atoms with E-state index in [0.717, 1.165) is 34.9 Å². The summed E-state index contributed by atoms with van der Waals surface area (Å²) in [5, 5.41) is 0. The van der Waals surface area contributed by atoms with Crippen molar-refractivity contribution in [2.24, 2.45) is 0 Å². The molecule has 0 saturated heterocycles. The maximum absolute atomic E-state index is 5.95. The minimum absolute atomic E-state index is 0.234. The maximum atomic E-state index is 5.95. The summed E-state index contributed by atoms with van der Waals surface area (Å²) in [5.74, 6) is 2.55. The van der Waals surface area contributed by atoms with E-state index in [2.05, 4.69) is 26.5 Å². The number of anilines is 2. The van der Waals surface area contributed by atoms with Crippen molar-refractivity contribution in [3.05, 3.63) is 18.2 Å². The average Bonchev–Trinajstić information content (AvgIpc) is 3.00. The van der Waals surface area contributed by atoms with Crippen LogP contribution in [0.3, 0.4) is 0 Å². The largest absolute Gasteiger partial charge is 0.368 e. The minimum Gasteiger partial charge on any atom is -0.368 e. The van der Waals surface area contributed by atoms with Gasteiger partial charge in [0.05, 0.1) is 12.2 Å². The molecule has 146 valence electrons. The van der Waals surface area contributed by atoms with Crippen LogP contribution in [0.2, 0.25) is 0 Å². The number of hydrogen-bond acceptors (Lipinski definition) is 8. The van der Waals surface area contributed by atoms with Crippen LogP contribution in [-0.2, 0) is 16.9 Å². The third kappa shape index (κ3) is 2.61. The van der Waals surface area contributed by atoms with Crippen LogP contribution in [0.15, 0.2) is 12.4 Å². The fraction of sp³-hybridized carbons (Fsp3) is 0.526. The summed E-state index contributed by atoms with van der Waals surface area (Å²) < 4.78 is 8.10. The Labute approximate surface area is 163 Å². The maximum Gasteiger partial charge on any atom is 0.219 e. The molecular weight excluding hydrogens is 356 g/mol. The Hall–Kier alpha value is -2.81. The summed E-state index contributed by atoms with van der Waals surface area (Å²) in [5.41, 5.74) is 7.57. The Morgan fingerprint density at radius 2 is 1.93 bits per heavy atom. The van der Waals surface area contributed by atoms with Crippen molar-refractivity contribution < 1.29 is 4.74 Å². The molecule has 0 bridgehead atoms. The first-order valence-electron chi connectivity index (χ1n) is 9.67. The Kier molecular flexibility index (Phi) is 3.77. The highest BCUT2D eigenvalue weighted by atomic mass is 16.5. The van der Waals surface area contributed by atoms with Crippen LogP contribution in [-0.4, -0.2) is 49.2 Å². The standard InChI is InChI=1S/C19H24N8O/c1-19(2)17-23-13-15(26(3)12-5-4-6-12)24-14(11-9-21-18(20)22-10-11)25-16(13)27(17)7-8-28-19/h9-10,12H,4-8H2,1-3H3,(H2,20,21,22). The molecule has 1 aliphatic heterocycles. The highest BCUT2D eigenvalue weighted by Gasteiger charge is 2.35. The number of nitrogens with two attached hydrogens (primary N) is 1. The van der Waals surface area contributed by atoms with E-state index in [-0.39, 0.29) is 5.95 Å². The zero-order valence-electron chi connectivity index (χ0n) is 16.4. The SMILES string of the molecule is CN(c1nc(-c2cnc(N)nc2)nc2c1nc1n2CCOC1(C)C)C1CCC1. The summed E-state index contributed by atoms with van der Waals surface area (Å²) in [6, 6.07) is 0.483. The second-order valence-corrected chi connectivity index (χ2v) is 8.01. The lowest BCUT2D eigenvalue weighted by Gasteiger charge is -2.35. The lowest BCUT2D eigenvalue weighted by atomic mass is 9.92. The van der Waals surface area contributed by atoms with Gasteiger partial charge >= 0.3 is 0 Å². The van der Waals surface area contributed by atoms with Crippen LogP contribution in [0.5, 0.6) is 0 Å². The molecule has 1 aliphatic carbocycles. The highest BCUT2D eigenvalue weighted by molar-refractivity contribution is 5.86. The van der Waals surface area contributed by atoms with Gasteiger partial charge in [0.1, 0.15) is 11.4 Å². The van der Waals surface area contributed by atoms with Crippen molar-refractivity contribution in [3.8, 4) is 11.4 Å². The van der Waals surface area contributed by atoms with E-state index in [1.54, 1.807) is 12.4 Å². The zero-order valence-corrected chi connectivity index (χ0v) is 16.4. The van der Waals surface area contributed by atoms with Crippen molar-refractivity contribution in [3.63, 3.8) is 0 Å². The molecule has 0 amide bonds. The van der Waals surface area contributed by atoms with E-state index in [1.807, 2.05) is 13.8 Å². The molecule has 1 fully saturated rings. The average molecular weight is 380 g/mol. The van der Waals surface area contributed by atoms with E-state index >= 15 is 0 Å². The molecule has 0 aromatic carbocycles. The first-order chi connectivity index (χ1) is 13.4. The summed E-state index contributed by atoms with van der Waals surface area (Å²) >= 11 is 0. The van der Waals surface area contributed by atoms with Crippen molar-refractivity contribution in [1.82, 2.24) is 29.5 Å². The molecule has 9 nitrogen and oxygen atoms in total. The Morgan fingerprint density at radius 3 is 2.61 bits per heavy atom. The second kappa shape index (κ2) is 6.10. The molecule has 0 unspecified atom stereocenters. The van der Waals surface area contributed by atoms with Gasteiger partial charge in [-0.25, -0.2) is 24.9 Å². The number of fused-ring (bicyclic) bond motifs is 3. The van der Waals surface area contributed by atoms with Gasteiger partial charge in [-0.15, -0.1) is 0 Å². The smallest absolute Gasteiger partial charge is 0.219 e. The van der Waals surface area contributed by atoms with Crippen LogP contribution in [0, 0.1) is 0 Å². The predicted molar refractivity (Wildman–Crippen MR) is 106 cm³/mol. The van der Waals surface area contributed by atoms with Crippen LogP contribution in [0.4, 0.5) is 11.8 Å². The van der Waals surface area contributed by atoms with Crippen molar-refractivity contribution >= 4 is 22.9 Å². The molecule has 4 heterocycles. The molecule has 2 aliphatic rings. The lowest BCUT2D eigenvalue weighted by Crippen LogP contribution is -2.37. The fourth-order valence-electron chi connectivity index (χ4n) is 3.89. The Bertz CT molecular complexity index is 1040. The van der Waals surface area contributed by atoms with Gasteiger partial charge in [-0.3, -0.25) is 0 Å². The number of imidazole rings is 1. The third-order valence-electron chi connectivity index (χ3n) is 5.78. The summed E-state index contributed by atoms with van der Waals surface area (Å²) in [6.07, 6.45) is 6.92. The number of ether oxygens (including phenoxy) is 1. The number of rotatable bonds is 3. The monoisotopic (exact) mass is 380 g/mol. The molecule has 28 heavy (non-hydrogen) atoms. The quantitative estimate of drug-likeness (QED) is 0.736. The van der Waals surface area contributed by atoms with E-state index in [0.29, 0.717) is 18.5 Å². The molecule has 0 radical (unpaired) electrons. The van der Waals surface area contributed by atoms with Gasteiger partial charge in [-0.05, 0) is 33.1 Å². The molecule has 2 N–H and O–H groups in total. The molecule has 5 rings (SSSR count). The normalized spacial score (nSPS) is 18.7. The van der Waals surface area contributed by atoms with Crippen LogP contribution in [0.1, 0.15) is 38.9 Å². The lowest BCUT2D eigenvalue weighted by molar-refractivity contribution is -0.0530. The highest BCUT2D eigenvalue weighted by Crippen LogP contribution is 2.36. The first kappa shape index (κ1) is 17.3. The molecule has 3 aromatic heterocycles. The van der Waals surface area contributed by atoms with Crippen LogP contribution in [0.25, 0.3) is 22.6 Å². The van der Waals surface area contributed by atoms with Gasteiger partial charge in [0, 0.05) is 32.0 Å².